The van der Waals surface area contributed by atoms with E-state index in [1.54, 1.807) is 55.5 Å². The van der Waals surface area contributed by atoms with Crippen LogP contribution in [0, 0.1) is 18.6 Å². The Morgan fingerprint density at radius 2 is 1.46 bits per heavy atom. The lowest BCUT2D eigenvalue weighted by atomic mass is 10.0. The van der Waals surface area contributed by atoms with Gasteiger partial charge in [-0.1, -0.05) is 23.7 Å². The van der Waals surface area contributed by atoms with Crippen LogP contribution < -0.4 is 0 Å². The van der Waals surface area contributed by atoms with Gasteiger partial charge in [-0.15, -0.1) is 0 Å². The predicted molar refractivity (Wildman–Crippen MR) is 104 cm³/mol. The molecule has 0 saturated heterocycles. The van der Waals surface area contributed by atoms with Crippen LogP contribution in [-0.4, -0.2) is 19.9 Å². The summed E-state index contributed by atoms with van der Waals surface area (Å²) in [6.07, 6.45) is 2.98. The van der Waals surface area contributed by atoms with E-state index in [-0.39, 0.29) is 39.1 Å². The molecular formula is C21H13ClF2N4. The van der Waals surface area contributed by atoms with Crippen LogP contribution in [0.5, 0.6) is 0 Å². The molecule has 0 saturated carbocycles. The molecule has 0 bridgehead atoms. The van der Waals surface area contributed by atoms with Crippen LogP contribution in [-0.2, 0) is 0 Å². The molecule has 0 aliphatic heterocycles. The van der Waals surface area contributed by atoms with E-state index < -0.39 is 11.6 Å². The van der Waals surface area contributed by atoms with E-state index in [4.69, 9.17) is 11.6 Å². The Labute approximate surface area is 164 Å². The maximum Gasteiger partial charge on any atom is 0.163 e. The highest BCUT2D eigenvalue weighted by Crippen LogP contribution is 2.36. The van der Waals surface area contributed by atoms with Crippen molar-refractivity contribution in [2.24, 2.45) is 0 Å². The summed E-state index contributed by atoms with van der Waals surface area (Å²) in [6.45, 7) is 1.75. The van der Waals surface area contributed by atoms with Crippen molar-refractivity contribution in [1.82, 2.24) is 19.9 Å². The maximum atomic E-state index is 15.5. The molecule has 0 amide bonds. The standard InChI is InChI=1S/C21H13ClF2N4/c1-12-6-4-9-14(27-12)16-17(23)20(15-8-2-3-10-25-15)28-21(18(16)24)19-13(22)7-5-11-26-19/h2-11H,1H3. The summed E-state index contributed by atoms with van der Waals surface area (Å²) in [5.41, 5.74) is 0.613. The molecule has 0 unspecified atom stereocenters. The average molecular weight is 395 g/mol. The number of hydrogen-bond acceptors (Lipinski definition) is 4. The van der Waals surface area contributed by atoms with E-state index >= 15 is 8.78 Å². The van der Waals surface area contributed by atoms with E-state index in [0.717, 1.165) is 0 Å². The zero-order valence-electron chi connectivity index (χ0n) is 14.7. The fourth-order valence-corrected chi connectivity index (χ4v) is 3.05. The van der Waals surface area contributed by atoms with E-state index in [9.17, 15) is 0 Å². The summed E-state index contributed by atoms with van der Waals surface area (Å²) < 4.78 is 30.8. The van der Waals surface area contributed by atoms with Gasteiger partial charge >= 0.3 is 0 Å². The second-order valence-electron chi connectivity index (χ2n) is 6.02. The Bertz CT molecular complexity index is 1170. The Morgan fingerprint density at radius 1 is 0.714 bits per heavy atom. The van der Waals surface area contributed by atoms with E-state index in [2.05, 4.69) is 19.9 Å². The predicted octanol–water partition coefficient (Wildman–Crippen LogP) is 5.51. The van der Waals surface area contributed by atoms with Crippen molar-refractivity contribution in [1.29, 1.82) is 0 Å². The summed E-state index contributed by atoms with van der Waals surface area (Å²) in [5, 5.41) is 0.204. The molecule has 4 aromatic rings. The molecule has 7 heteroatoms. The van der Waals surface area contributed by atoms with Crippen molar-refractivity contribution in [3.8, 4) is 34.0 Å². The quantitative estimate of drug-likeness (QED) is 0.460. The van der Waals surface area contributed by atoms with Crippen molar-refractivity contribution in [3.63, 3.8) is 0 Å². The minimum Gasteiger partial charge on any atom is -0.255 e. The van der Waals surface area contributed by atoms with Gasteiger partial charge in [0.05, 0.1) is 22.0 Å². The Balaban J connectivity index is 2.08. The molecule has 138 valence electrons. The first-order chi connectivity index (χ1) is 13.6. The monoisotopic (exact) mass is 394 g/mol. The van der Waals surface area contributed by atoms with Gasteiger partial charge in [-0.05, 0) is 43.3 Å². The zero-order valence-corrected chi connectivity index (χ0v) is 15.5. The van der Waals surface area contributed by atoms with Crippen LogP contribution in [0.1, 0.15) is 5.69 Å². The highest BCUT2D eigenvalue weighted by atomic mass is 35.5. The smallest absolute Gasteiger partial charge is 0.163 e. The van der Waals surface area contributed by atoms with Crippen LogP contribution >= 0.6 is 11.6 Å². The third kappa shape index (κ3) is 3.23. The van der Waals surface area contributed by atoms with Crippen LogP contribution in [0.25, 0.3) is 34.0 Å². The number of hydrogen-bond donors (Lipinski definition) is 0. The first kappa shape index (κ1) is 18.1. The molecular weight excluding hydrogens is 382 g/mol. The van der Waals surface area contributed by atoms with Gasteiger partial charge in [0, 0.05) is 18.1 Å². The van der Waals surface area contributed by atoms with E-state index in [1.165, 1.54) is 12.4 Å². The SMILES string of the molecule is Cc1cccc(-c2c(F)c(-c3ccccn3)nc(-c3ncccc3Cl)c2F)n1. The highest BCUT2D eigenvalue weighted by Gasteiger charge is 2.26. The number of halogens is 3. The molecule has 0 N–H and O–H groups in total. The molecule has 0 aliphatic rings. The lowest BCUT2D eigenvalue weighted by Crippen LogP contribution is -2.05. The van der Waals surface area contributed by atoms with Gasteiger partial charge < -0.3 is 0 Å². The van der Waals surface area contributed by atoms with Gasteiger partial charge in [-0.2, -0.15) is 0 Å². The van der Waals surface area contributed by atoms with Crippen LogP contribution in [0.15, 0.2) is 60.9 Å². The minimum atomic E-state index is -0.879. The summed E-state index contributed by atoms with van der Waals surface area (Å²) in [7, 11) is 0. The van der Waals surface area contributed by atoms with Gasteiger partial charge in [0.1, 0.15) is 17.1 Å². The Hall–Kier alpha value is -3.25. The third-order valence-corrected chi connectivity index (χ3v) is 4.42. The maximum absolute atomic E-state index is 15.5. The Morgan fingerprint density at radius 3 is 2.18 bits per heavy atom. The van der Waals surface area contributed by atoms with Gasteiger partial charge in [0.15, 0.2) is 11.6 Å². The number of pyridine rings is 4. The fraction of sp³-hybridized carbons (Fsp3) is 0.0476. The van der Waals surface area contributed by atoms with Crippen LogP contribution in [0.4, 0.5) is 8.78 Å². The molecule has 4 nitrogen and oxygen atoms in total. The van der Waals surface area contributed by atoms with E-state index in [0.29, 0.717) is 5.69 Å². The molecule has 28 heavy (non-hydrogen) atoms. The molecule has 0 atom stereocenters. The van der Waals surface area contributed by atoms with Gasteiger partial charge in [-0.3, -0.25) is 15.0 Å². The second-order valence-corrected chi connectivity index (χ2v) is 6.43. The number of rotatable bonds is 3. The summed E-state index contributed by atoms with van der Waals surface area (Å²) in [6, 6.07) is 13.2. The van der Waals surface area contributed by atoms with Crippen LogP contribution in [0.3, 0.4) is 0 Å². The molecule has 0 aromatic carbocycles. The largest absolute Gasteiger partial charge is 0.255 e. The number of aromatic nitrogens is 4. The van der Waals surface area contributed by atoms with Gasteiger partial charge in [0.25, 0.3) is 0 Å². The van der Waals surface area contributed by atoms with Crippen molar-refractivity contribution in [2.45, 2.75) is 6.92 Å². The normalized spacial score (nSPS) is 10.9. The highest BCUT2D eigenvalue weighted by molar-refractivity contribution is 6.32. The van der Waals surface area contributed by atoms with Crippen molar-refractivity contribution in [2.75, 3.05) is 0 Å². The molecule has 0 radical (unpaired) electrons. The topological polar surface area (TPSA) is 51.6 Å². The third-order valence-electron chi connectivity index (χ3n) is 4.11. The second kappa shape index (κ2) is 7.40. The summed E-state index contributed by atoms with van der Waals surface area (Å²) in [4.78, 5) is 16.7. The van der Waals surface area contributed by atoms with Crippen molar-refractivity contribution in [3.05, 3.63) is 83.3 Å². The van der Waals surface area contributed by atoms with Crippen molar-refractivity contribution < 1.29 is 8.78 Å². The molecule has 0 fully saturated rings. The molecule has 4 aromatic heterocycles. The average Bonchev–Trinajstić information content (AvgIpc) is 2.70. The molecule has 4 heterocycles. The number of aryl methyl sites for hydroxylation is 1. The first-order valence-corrected chi connectivity index (χ1v) is 8.79. The summed E-state index contributed by atoms with van der Waals surface area (Å²) >= 11 is 6.20. The zero-order chi connectivity index (χ0) is 19.7. The lowest BCUT2D eigenvalue weighted by Gasteiger charge is -2.13. The molecule has 0 spiro atoms. The van der Waals surface area contributed by atoms with Gasteiger partial charge in [-0.25, -0.2) is 13.8 Å². The molecule has 0 aliphatic carbocycles. The molecule has 4 rings (SSSR count). The number of nitrogens with zero attached hydrogens (tertiary/aromatic N) is 4. The lowest BCUT2D eigenvalue weighted by molar-refractivity contribution is 0.583. The van der Waals surface area contributed by atoms with Gasteiger partial charge in [0.2, 0.25) is 0 Å². The Kier molecular flexibility index (Phi) is 4.79. The first-order valence-electron chi connectivity index (χ1n) is 8.41. The minimum absolute atomic E-state index is 0.1000. The fourth-order valence-electron chi connectivity index (χ4n) is 2.84. The van der Waals surface area contributed by atoms with Crippen molar-refractivity contribution >= 4 is 11.6 Å². The summed E-state index contributed by atoms with van der Waals surface area (Å²) in [5.74, 6) is -1.72. The van der Waals surface area contributed by atoms with E-state index in [1.807, 2.05) is 0 Å². The van der Waals surface area contributed by atoms with Crippen LogP contribution in [0.2, 0.25) is 5.02 Å².